The van der Waals surface area contributed by atoms with Crippen molar-refractivity contribution in [1.82, 2.24) is 4.90 Å². The van der Waals surface area contributed by atoms with Crippen LogP contribution in [0, 0.1) is 0 Å². The van der Waals surface area contributed by atoms with Gasteiger partial charge in [0.2, 0.25) is 0 Å². The van der Waals surface area contributed by atoms with Gasteiger partial charge in [-0.1, -0.05) is 41.9 Å². The normalized spacial score (nSPS) is 17.6. The number of ether oxygens (including phenoxy) is 2. The summed E-state index contributed by atoms with van der Waals surface area (Å²) < 4.78 is 10.8. The first-order valence-corrected chi connectivity index (χ1v) is 10.9. The van der Waals surface area contributed by atoms with Gasteiger partial charge in [-0.3, -0.25) is 4.79 Å². The van der Waals surface area contributed by atoms with E-state index in [1.165, 1.54) is 4.90 Å². The summed E-state index contributed by atoms with van der Waals surface area (Å²) in [6.07, 6.45) is 0.904. The Morgan fingerprint density at radius 3 is 2.33 bits per heavy atom. The average molecular weight is 466 g/mol. The number of benzene rings is 3. The van der Waals surface area contributed by atoms with Gasteiger partial charge in [-0.05, 0) is 60.4 Å². The van der Waals surface area contributed by atoms with Crippen LogP contribution in [-0.2, 0) is 4.79 Å². The molecular formula is C26H24ClNO5. The molecule has 0 aliphatic carbocycles. The molecule has 0 aromatic heterocycles. The number of carboxylic acid groups (broad SMARTS) is 1. The lowest BCUT2D eigenvalue weighted by Gasteiger charge is -2.29. The summed E-state index contributed by atoms with van der Waals surface area (Å²) in [5.74, 6) is 0.0127. The number of carbonyl (C=O) groups excluding carboxylic acids is 1. The highest BCUT2D eigenvalue weighted by molar-refractivity contribution is 6.31. The van der Waals surface area contributed by atoms with Crippen molar-refractivity contribution in [3.63, 3.8) is 0 Å². The molecule has 1 aliphatic rings. The molecule has 1 unspecified atom stereocenters. The average Bonchev–Trinajstić information content (AvgIpc) is 3.29. The molecule has 4 rings (SSSR count). The lowest BCUT2D eigenvalue weighted by molar-refractivity contribution is -0.141. The summed E-state index contributed by atoms with van der Waals surface area (Å²) in [6, 6.07) is 18.5. The Kier molecular flexibility index (Phi) is 6.56. The Bertz CT molecular complexity index is 1180. The SMILES string of the molecule is COc1ccc(OC)c(-c2ccc(C(=O)N3C(c4ccccc4Cl)CC[C@H]3C(=O)O)cc2)c1. The summed E-state index contributed by atoms with van der Waals surface area (Å²) in [5, 5.41) is 10.3. The number of nitrogens with zero attached hydrogens (tertiary/aromatic N) is 1. The highest BCUT2D eigenvalue weighted by atomic mass is 35.5. The van der Waals surface area contributed by atoms with Gasteiger partial charge in [-0.2, -0.15) is 0 Å². The molecule has 3 aromatic carbocycles. The van der Waals surface area contributed by atoms with Crippen molar-refractivity contribution in [2.75, 3.05) is 14.2 Å². The van der Waals surface area contributed by atoms with Crippen LogP contribution in [0.2, 0.25) is 5.02 Å². The minimum atomic E-state index is -1.02. The van der Waals surface area contributed by atoms with E-state index in [0.717, 1.165) is 16.7 Å². The Labute approximate surface area is 197 Å². The summed E-state index contributed by atoms with van der Waals surface area (Å²) in [5.41, 5.74) is 2.84. The molecule has 0 radical (unpaired) electrons. The molecule has 0 bridgehead atoms. The van der Waals surface area contributed by atoms with Crippen LogP contribution in [-0.4, -0.2) is 42.1 Å². The van der Waals surface area contributed by atoms with Crippen LogP contribution in [0.25, 0.3) is 11.1 Å². The first kappa shape index (κ1) is 22.7. The highest BCUT2D eigenvalue weighted by Gasteiger charge is 2.42. The maximum atomic E-state index is 13.5. The third-order valence-corrected chi connectivity index (χ3v) is 6.36. The molecule has 33 heavy (non-hydrogen) atoms. The van der Waals surface area contributed by atoms with E-state index in [9.17, 15) is 14.7 Å². The molecule has 1 saturated heterocycles. The topological polar surface area (TPSA) is 76.1 Å². The lowest BCUT2D eigenvalue weighted by Crippen LogP contribution is -2.41. The van der Waals surface area contributed by atoms with Crippen molar-refractivity contribution in [1.29, 1.82) is 0 Å². The fourth-order valence-corrected chi connectivity index (χ4v) is 4.63. The van der Waals surface area contributed by atoms with E-state index in [2.05, 4.69) is 0 Å². The largest absolute Gasteiger partial charge is 0.497 e. The molecule has 2 atom stereocenters. The second-order valence-electron chi connectivity index (χ2n) is 7.82. The van der Waals surface area contributed by atoms with Gasteiger partial charge in [0.25, 0.3) is 5.91 Å². The van der Waals surface area contributed by atoms with Crippen molar-refractivity contribution in [2.45, 2.75) is 24.9 Å². The van der Waals surface area contributed by atoms with E-state index < -0.39 is 18.1 Å². The molecule has 1 fully saturated rings. The van der Waals surface area contributed by atoms with E-state index in [0.29, 0.717) is 34.9 Å². The Hall–Kier alpha value is -3.51. The third kappa shape index (κ3) is 4.39. The zero-order valence-corrected chi connectivity index (χ0v) is 19.1. The minimum absolute atomic E-state index is 0.339. The van der Waals surface area contributed by atoms with E-state index in [4.69, 9.17) is 21.1 Å². The zero-order chi connectivity index (χ0) is 23.5. The van der Waals surface area contributed by atoms with Crippen LogP contribution in [0.15, 0.2) is 66.7 Å². The molecule has 1 heterocycles. The van der Waals surface area contributed by atoms with Gasteiger partial charge in [0.15, 0.2) is 0 Å². The molecular weight excluding hydrogens is 442 g/mol. The molecule has 3 aromatic rings. The maximum Gasteiger partial charge on any atom is 0.326 e. The molecule has 0 spiro atoms. The number of amides is 1. The number of carboxylic acids is 1. The maximum absolute atomic E-state index is 13.5. The molecule has 1 aliphatic heterocycles. The van der Waals surface area contributed by atoms with Gasteiger partial charge in [-0.15, -0.1) is 0 Å². The van der Waals surface area contributed by atoms with Crippen molar-refractivity contribution < 1.29 is 24.2 Å². The van der Waals surface area contributed by atoms with Crippen molar-refractivity contribution in [3.8, 4) is 22.6 Å². The number of methoxy groups -OCH3 is 2. The summed E-state index contributed by atoms with van der Waals surface area (Å²) >= 11 is 6.38. The third-order valence-electron chi connectivity index (χ3n) is 6.02. The van der Waals surface area contributed by atoms with Crippen LogP contribution in [0.5, 0.6) is 11.5 Å². The number of hydrogen-bond donors (Lipinski definition) is 1. The quantitative estimate of drug-likeness (QED) is 0.523. The number of likely N-dealkylation sites (tertiary alicyclic amines) is 1. The number of carbonyl (C=O) groups is 2. The van der Waals surface area contributed by atoms with E-state index in [1.807, 2.05) is 48.5 Å². The first-order chi connectivity index (χ1) is 15.9. The monoisotopic (exact) mass is 465 g/mol. The number of aliphatic carboxylic acids is 1. The van der Waals surface area contributed by atoms with Gasteiger partial charge in [0.1, 0.15) is 17.5 Å². The fraction of sp³-hybridized carbons (Fsp3) is 0.231. The Morgan fingerprint density at radius 1 is 0.970 bits per heavy atom. The number of hydrogen-bond acceptors (Lipinski definition) is 4. The van der Waals surface area contributed by atoms with Gasteiger partial charge < -0.3 is 19.5 Å². The smallest absolute Gasteiger partial charge is 0.326 e. The molecule has 170 valence electrons. The predicted octanol–water partition coefficient (Wildman–Crippen LogP) is 5.45. The number of rotatable bonds is 6. The molecule has 1 amide bonds. The van der Waals surface area contributed by atoms with E-state index in [-0.39, 0.29) is 5.91 Å². The van der Waals surface area contributed by atoms with Gasteiger partial charge in [-0.25, -0.2) is 4.79 Å². The predicted molar refractivity (Wildman–Crippen MR) is 126 cm³/mol. The van der Waals surface area contributed by atoms with Gasteiger partial charge in [0, 0.05) is 16.1 Å². The second-order valence-corrected chi connectivity index (χ2v) is 8.23. The van der Waals surface area contributed by atoms with Crippen molar-refractivity contribution in [2.24, 2.45) is 0 Å². The Morgan fingerprint density at radius 2 is 1.70 bits per heavy atom. The lowest BCUT2D eigenvalue weighted by atomic mass is 10.0. The highest BCUT2D eigenvalue weighted by Crippen LogP contribution is 2.40. The molecule has 1 N–H and O–H groups in total. The van der Waals surface area contributed by atoms with Crippen molar-refractivity contribution >= 4 is 23.5 Å². The fourth-order valence-electron chi connectivity index (χ4n) is 4.37. The standard InChI is InChI=1S/C26H24ClNO5/c1-32-18-11-14-24(33-2)20(15-18)16-7-9-17(10-8-16)25(29)28-22(12-13-23(28)26(30)31)19-5-3-4-6-21(19)27/h3-11,14-15,22-23H,12-13H2,1-2H3,(H,30,31)/t22?,23-/m0/s1. The van der Waals surface area contributed by atoms with Gasteiger partial charge in [0.05, 0.1) is 20.3 Å². The zero-order valence-electron chi connectivity index (χ0n) is 18.3. The number of halogens is 1. The van der Waals surface area contributed by atoms with Crippen molar-refractivity contribution in [3.05, 3.63) is 82.9 Å². The molecule has 6 nitrogen and oxygen atoms in total. The summed E-state index contributed by atoms with van der Waals surface area (Å²) in [7, 11) is 3.19. The van der Waals surface area contributed by atoms with Gasteiger partial charge >= 0.3 is 5.97 Å². The Balaban J connectivity index is 1.68. The van der Waals surface area contributed by atoms with E-state index >= 15 is 0 Å². The van der Waals surface area contributed by atoms with Crippen LogP contribution in [0.4, 0.5) is 0 Å². The van der Waals surface area contributed by atoms with Crippen LogP contribution < -0.4 is 9.47 Å². The molecule has 7 heteroatoms. The van der Waals surface area contributed by atoms with Crippen LogP contribution in [0.1, 0.15) is 34.8 Å². The first-order valence-electron chi connectivity index (χ1n) is 10.6. The molecule has 0 saturated carbocycles. The second kappa shape index (κ2) is 9.55. The van der Waals surface area contributed by atoms with Crippen LogP contribution >= 0.6 is 11.6 Å². The summed E-state index contributed by atoms with van der Waals surface area (Å²) in [6.45, 7) is 0. The van der Waals surface area contributed by atoms with Crippen LogP contribution in [0.3, 0.4) is 0 Å². The summed E-state index contributed by atoms with van der Waals surface area (Å²) in [4.78, 5) is 26.9. The van der Waals surface area contributed by atoms with E-state index in [1.54, 1.807) is 32.4 Å². The minimum Gasteiger partial charge on any atom is -0.497 e.